The number of allylic oxidation sites excluding steroid dienone is 1. The highest BCUT2D eigenvalue weighted by molar-refractivity contribution is 7.07. The monoisotopic (exact) mass is 453 g/mol. The molecule has 1 aromatic carbocycles. The molecule has 1 aliphatic heterocycles. The summed E-state index contributed by atoms with van der Waals surface area (Å²) in [6.45, 7) is 5.10. The number of carboxylic acids is 1. The summed E-state index contributed by atoms with van der Waals surface area (Å²) in [4.78, 5) is 41.5. The average Bonchev–Trinajstić information content (AvgIpc) is 3.29. The zero-order valence-corrected chi connectivity index (χ0v) is 18.3. The molecule has 1 unspecified atom stereocenters. The minimum atomic E-state index is -1.46. The Morgan fingerprint density at radius 1 is 1.34 bits per heavy atom. The first-order valence-corrected chi connectivity index (χ1v) is 10.6. The van der Waals surface area contributed by atoms with Gasteiger partial charge in [0.2, 0.25) is 0 Å². The molecule has 32 heavy (non-hydrogen) atoms. The quantitative estimate of drug-likeness (QED) is 0.467. The van der Waals surface area contributed by atoms with Crippen molar-refractivity contribution < 1.29 is 19.2 Å². The highest BCUT2D eigenvalue weighted by Gasteiger charge is 2.46. The minimum Gasteiger partial charge on any atom is -0.478 e. The summed E-state index contributed by atoms with van der Waals surface area (Å²) in [5, 5.41) is 21.5. The number of rotatable bonds is 5. The van der Waals surface area contributed by atoms with E-state index in [0.717, 1.165) is 11.3 Å². The van der Waals surface area contributed by atoms with E-state index in [9.17, 15) is 24.8 Å². The minimum absolute atomic E-state index is 0.0895. The lowest BCUT2D eigenvalue weighted by Gasteiger charge is -2.37. The van der Waals surface area contributed by atoms with Gasteiger partial charge in [-0.15, -0.1) is 0 Å². The van der Waals surface area contributed by atoms with Crippen LogP contribution in [0.4, 0.5) is 5.69 Å². The van der Waals surface area contributed by atoms with Crippen LogP contribution >= 0.6 is 11.3 Å². The number of aromatic nitrogens is 1. The van der Waals surface area contributed by atoms with Crippen LogP contribution in [0.3, 0.4) is 0 Å². The molecule has 1 N–H and O–H groups in total. The van der Waals surface area contributed by atoms with Crippen LogP contribution in [0.5, 0.6) is 0 Å². The zero-order valence-electron chi connectivity index (χ0n) is 17.5. The van der Waals surface area contributed by atoms with Crippen molar-refractivity contribution in [2.45, 2.75) is 32.7 Å². The topological polar surface area (TPSA) is 128 Å². The molecule has 1 aliphatic rings. The lowest BCUT2D eigenvalue weighted by molar-refractivity contribution is -0.385. The van der Waals surface area contributed by atoms with E-state index in [4.69, 9.17) is 4.42 Å². The fourth-order valence-electron chi connectivity index (χ4n) is 4.18. The Morgan fingerprint density at radius 2 is 2.09 bits per heavy atom. The first-order chi connectivity index (χ1) is 15.2. The Bertz CT molecular complexity index is 1480. The summed E-state index contributed by atoms with van der Waals surface area (Å²) in [5.41, 5.74) is -1.61. The summed E-state index contributed by atoms with van der Waals surface area (Å²) < 4.78 is 7.22. The highest BCUT2D eigenvalue weighted by atomic mass is 32.1. The largest absolute Gasteiger partial charge is 0.478 e. The number of fused-ring (bicyclic) bond motifs is 1. The first-order valence-electron chi connectivity index (χ1n) is 9.78. The van der Waals surface area contributed by atoms with Crippen molar-refractivity contribution in [2.75, 3.05) is 0 Å². The predicted octanol–water partition coefficient (Wildman–Crippen LogP) is 2.69. The number of thiazole rings is 1. The van der Waals surface area contributed by atoms with Crippen molar-refractivity contribution >= 4 is 29.1 Å². The van der Waals surface area contributed by atoms with Crippen LogP contribution in [0.1, 0.15) is 37.4 Å². The molecule has 9 nitrogen and oxygen atoms in total. The second kappa shape index (κ2) is 7.72. The molecular weight excluding hydrogens is 434 g/mol. The molecule has 0 radical (unpaired) electrons. The number of benzene rings is 1. The van der Waals surface area contributed by atoms with Crippen molar-refractivity contribution in [1.82, 2.24) is 4.57 Å². The van der Waals surface area contributed by atoms with Gasteiger partial charge in [-0.05, 0) is 38.0 Å². The van der Waals surface area contributed by atoms with E-state index in [2.05, 4.69) is 4.99 Å². The predicted molar refractivity (Wildman–Crippen MR) is 117 cm³/mol. The fourth-order valence-corrected chi connectivity index (χ4v) is 5.24. The third-order valence-corrected chi connectivity index (χ3v) is 6.49. The van der Waals surface area contributed by atoms with Crippen LogP contribution in [0.15, 0.2) is 61.9 Å². The summed E-state index contributed by atoms with van der Waals surface area (Å²) >= 11 is 1.11. The number of non-ortho nitro benzene ring substituents is 1. The Kier molecular flexibility index (Phi) is 5.17. The first kappa shape index (κ1) is 21.4. The molecule has 2 aromatic heterocycles. The van der Waals surface area contributed by atoms with Gasteiger partial charge in [-0.2, -0.15) is 0 Å². The molecular formula is C22H19N3O6S. The summed E-state index contributed by atoms with van der Waals surface area (Å²) in [7, 11) is 0. The number of nitrogens with zero attached hydrogens (tertiary/aromatic N) is 3. The Balaban J connectivity index is 2.11. The summed E-state index contributed by atoms with van der Waals surface area (Å²) in [6, 6.07) is 9.24. The molecule has 0 saturated carbocycles. The van der Waals surface area contributed by atoms with Gasteiger partial charge in [0.1, 0.15) is 17.1 Å². The lowest BCUT2D eigenvalue weighted by Crippen LogP contribution is -2.52. The van der Waals surface area contributed by atoms with Crippen molar-refractivity contribution in [1.29, 1.82) is 0 Å². The van der Waals surface area contributed by atoms with Gasteiger partial charge in [0.15, 0.2) is 4.80 Å². The number of furan rings is 1. The molecule has 3 aromatic rings. The Hall–Kier alpha value is -3.79. The standard InChI is InChI=1S/C22H19N3O6S/c1-4-22(14-6-5-7-15(10-14)25(29)30)18(20(27)28)13(3)23-21-24(22)19(26)17(32-21)11-16-9-8-12(2)31-16/h5-11H,4H2,1-3H3,(H,27,28). The molecule has 0 bridgehead atoms. The second-order valence-electron chi connectivity index (χ2n) is 7.38. The van der Waals surface area contributed by atoms with Gasteiger partial charge in [0.05, 0.1) is 20.7 Å². The zero-order chi connectivity index (χ0) is 23.2. The number of carboxylic acid groups (broad SMARTS) is 1. The number of aryl methyl sites for hydroxylation is 1. The van der Waals surface area contributed by atoms with Gasteiger partial charge in [0.25, 0.3) is 11.2 Å². The van der Waals surface area contributed by atoms with E-state index < -0.39 is 22.0 Å². The number of hydrogen-bond acceptors (Lipinski definition) is 7. The molecule has 0 spiro atoms. The molecule has 4 rings (SSSR count). The maximum absolute atomic E-state index is 13.6. The Morgan fingerprint density at radius 3 is 2.69 bits per heavy atom. The number of nitro benzene ring substituents is 1. The van der Waals surface area contributed by atoms with E-state index in [1.54, 1.807) is 45.0 Å². The van der Waals surface area contributed by atoms with Gasteiger partial charge in [-0.3, -0.25) is 19.5 Å². The molecule has 0 fully saturated rings. The molecule has 0 saturated heterocycles. The van der Waals surface area contributed by atoms with Crippen LogP contribution < -0.4 is 14.9 Å². The van der Waals surface area contributed by atoms with Gasteiger partial charge < -0.3 is 9.52 Å². The van der Waals surface area contributed by atoms with E-state index >= 15 is 0 Å². The van der Waals surface area contributed by atoms with E-state index in [1.165, 1.54) is 22.8 Å². The van der Waals surface area contributed by atoms with E-state index in [-0.39, 0.29) is 23.4 Å². The lowest BCUT2D eigenvalue weighted by atomic mass is 9.78. The van der Waals surface area contributed by atoms with Crippen LogP contribution in [0, 0.1) is 17.0 Å². The average molecular weight is 453 g/mol. The molecule has 164 valence electrons. The van der Waals surface area contributed by atoms with Crippen LogP contribution in [-0.2, 0) is 10.3 Å². The SMILES string of the molecule is CCC1(c2cccc([N+](=O)[O-])c2)C(C(=O)O)=C(C)N=c2sc(=Cc3ccc(C)o3)c(=O)n21. The fraction of sp³-hybridized carbons (Fsp3) is 0.227. The summed E-state index contributed by atoms with van der Waals surface area (Å²) in [5.74, 6) is -0.0672. The molecule has 1 atom stereocenters. The highest BCUT2D eigenvalue weighted by Crippen LogP contribution is 2.40. The normalized spacial score (nSPS) is 18.4. The smallest absolute Gasteiger partial charge is 0.336 e. The van der Waals surface area contributed by atoms with Crippen molar-refractivity contribution in [2.24, 2.45) is 4.99 Å². The van der Waals surface area contributed by atoms with Gasteiger partial charge in [0, 0.05) is 18.2 Å². The van der Waals surface area contributed by atoms with Crippen LogP contribution in [0.2, 0.25) is 0 Å². The van der Waals surface area contributed by atoms with Gasteiger partial charge in [-0.25, -0.2) is 9.79 Å². The summed E-state index contributed by atoms with van der Waals surface area (Å²) in [6.07, 6.45) is 1.76. The van der Waals surface area contributed by atoms with Crippen molar-refractivity contribution in [3.8, 4) is 0 Å². The van der Waals surface area contributed by atoms with Crippen LogP contribution in [-0.4, -0.2) is 20.6 Å². The van der Waals surface area contributed by atoms with Gasteiger partial charge >= 0.3 is 5.97 Å². The third kappa shape index (κ3) is 3.19. The third-order valence-electron chi connectivity index (χ3n) is 5.52. The second-order valence-corrected chi connectivity index (χ2v) is 8.39. The maximum atomic E-state index is 13.6. The molecule has 10 heteroatoms. The van der Waals surface area contributed by atoms with E-state index in [1.807, 2.05) is 0 Å². The Labute approximate surface area is 185 Å². The van der Waals surface area contributed by atoms with Crippen LogP contribution in [0.25, 0.3) is 6.08 Å². The number of nitro groups is 1. The maximum Gasteiger partial charge on any atom is 0.336 e. The number of carbonyl (C=O) groups is 1. The van der Waals surface area contributed by atoms with Crippen molar-refractivity contribution in [3.05, 3.63) is 94.6 Å². The molecule has 0 amide bonds. The number of aliphatic carboxylic acids is 1. The molecule has 3 heterocycles. The number of hydrogen-bond donors (Lipinski definition) is 1. The van der Waals surface area contributed by atoms with Gasteiger partial charge in [-0.1, -0.05) is 30.4 Å². The van der Waals surface area contributed by atoms with Crippen molar-refractivity contribution in [3.63, 3.8) is 0 Å². The molecule has 0 aliphatic carbocycles. The van der Waals surface area contributed by atoms with E-state index in [0.29, 0.717) is 26.4 Å².